The fourth-order valence-electron chi connectivity index (χ4n) is 5.65. The van der Waals surface area contributed by atoms with Crippen LogP contribution >= 0.6 is 0 Å². The van der Waals surface area contributed by atoms with Gasteiger partial charge in [-0.15, -0.1) is 4.72 Å². The second-order valence-electron chi connectivity index (χ2n) is 12.0. The number of carbonyl (C=O) groups excluding carboxylic acids is 2. The number of methoxy groups -OCH3 is 1. The number of likely N-dealkylation sites (tertiary alicyclic amines) is 1. The standard InChI is InChI=1S/C30H38FN5O4S/c1-28(2,3)41(39)35-29(13-12-19-8-9-19,21-7-5-6-20(14-21)17-32)22-10-11-25(31)24(15-22)30(26(33)37)16-23(40-4)18-36(30)27(34)38/h5-7,10-11,14-15,19,23,35H,8-9,12-13,16,18H2,1-4H3,(H2,33,37)(H2,34,38). The first-order chi connectivity index (χ1) is 19.3. The van der Waals surface area contributed by atoms with E-state index >= 15 is 4.39 Å². The highest BCUT2D eigenvalue weighted by atomic mass is 32.2. The lowest BCUT2D eigenvalue weighted by atomic mass is 9.76. The van der Waals surface area contributed by atoms with E-state index in [1.807, 2.05) is 26.8 Å². The second kappa shape index (κ2) is 11.6. The quantitative estimate of drug-likeness (QED) is 0.362. The summed E-state index contributed by atoms with van der Waals surface area (Å²) in [5, 5.41) is 9.69. The Morgan fingerprint density at radius 3 is 2.46 bits per heavy atom. The number of carbonyl (C=O) groups is 2. The normalized spacial score (nSPS) is 23.0. The molecule has 41 heavy (non-hydrogen) atoms. The topological polar surface area (TPSA) is 158 Å². The Labute approximate surface area is 243 Å². The molecule has 1 saturated heterocycles. The molecule has 1 heterocycles. The highest BCUT2D eigenvalue weighted by Gasteiger charge is 2.55. The van der Waals surface area contributed by atoms with E-state index in [4.69, 9.17) is 16.2 Å². The number of ether oxygens (including phenoxy) is 1. The molecule has 4 atom stereocenters. The molecule has 9 nitrogen and oxygen atoms in total. The average molecular weight is 584 g/mol. The van der Waals surface area contributed by atoms with Gasteiger partial charge in [0, 0.05) is 30.5 Å². The molecular weight excluding hydrogens is 545 g/mol. The minimum Gasteiger partial charge on any atom is -0.598 e. The first kappa shape index (κ1) is 30.8. The molecule has 2 aliphatic rings. The zero-order valence-corrected chi connectivity index (χ0v) is 24.7. The van der Waals surface area contributed by atoms with Gasteiger partial charge in [0.15, 0.2) is 5.54 Å². The maximum absolute atomic E-state index is 15.8. The summed E-state index contributed by atoms with van der Waals surface area (Å²) in [5.74, 6) is -1.18. The third-order valence-corrected chi connectivity index (χ3v) is 9.86. The zero-order valence-electron chi connectivity index (χ0n) is 23.9. The molecule has 0 spiro atoms. The van der Waals surface area contributed by atoms with Crippen LogP contribution in [-0.4, -0.2) is 45.9 Å². The van der Waals surface area contributed by atoms with Crippen LogP contribution in [0.1, 0.15) is 75.1 Å². The van der Waals surface area contributed by atoms with Gasteiger partial charge in [-0.2, -0.15) is 5.26 Å². The lowest BCUT2D eigenvalue weighted by Gasteiger charge is -2.40. The van der Waals surface area contributed by atoms with E-state index in [-0.39, 0.29) is 18.5 Å². The summed E-state index contributed by atoms with van der Waals surface area (Å²) in [6.45, 7) is 5.50. The number of benzene rings is 2. The van der Waals surface area contributed by atoms with Crippen LogP contribution in [0.2, 0.25) is 0 Å². The summed E-state index contributed by atoms with van der Waals surface area (Å²) in [5.41, 5.74) is 10.1. The summed E-state index contributed by atoms with van der Waals surface area (Å²) < 4.78 is 37.7. The van der Waals surface area contributed by atoms with Crippen molar-refractivity contribution in [2.24, 2.45) is 17.4 Å². The molecule has 4 rings (SSSR count). The molecule has 220 valence electrons. The maximum atomic E-state index is 15.8. The van der Waals surface area contributed by atoms with Crippen LogP contribution in [0.5, 0.6) is 0 Å². The highest BCUT2D eigenvalue weighted by Crippen LogP contribution is 2.46. The minimum absolute atomic E-state index is 0.0399. The number of nitrogens with zero attached hydrogens (tertiary/aromatic N) is 2. The van der Waals surface area contributed by atoms with Crippen molar-refractivity contribution in [3.63, 3.8) is 0 Å². The fourth-order valence-corrected chi connectivity index (χ4v) is 6.61. The van der Waals surface area contributed by atoms with Crippen LogP contribution in [0.3, 0.4) is 0 Å². The molecule has 0 aromatic heterocycles. The van der Waals surface area contributed by atoms with Crippen molar-refractivity contribution in [3.05, 3.63) is 70.5 Å². The summed E-state index contributed by atoms with van der Waals surface area (Å²) in [6.07, 6.45) is 2.77. The summed E-state index contributed by atoms with van der Waals surface area (Å²) in [4.78, 5) is 26.8. The van der Waals surface area contributed by atoms with Gasteiger partial charge < -0.3 is 25.7 Å². The first-order valence-electron chi connectivity index (χ1n) is 13.7. The number of halogens is 1. The van der Waals surface area contributed by atoms with Crippen LogP contribution in [0.4, 0.5) is 9.18 Å². The minimum atomic E-state index is -1.90. The Morgan fingerprint density at radius 1 is 1.22 bits per heavy atom. The summed E-state index contributed by atoms with van der Waals surface area (Å²) >= 11 is -1.59. The number of rotatable bonds is 10. The largest absolute Gasteiger partial charge is 0.598 e. The van der Waals surface area contributed by atoms with E-state index in [9.17, 15) is 19.4 Å². The molecule has 1 saturated carbocycles. The van der Waals surface area contributed by atoms with Crippen LogP contribution in [-0.2, 0) is 32.0 Å². The average Bonchev–Trinajstić information content (AvgIpc) is 3.67. The van der Waals surface area contributed by atoms with Gasteiger partial charge >= 0.3 is 6.03 Å². The van der Waals surface area contributed by atoms with E-state index in [1.54, 1.807) is 24.3 Å². The van der Waals surface area contributed by atoms with Crippen LogP contribution in [0, 0.1) is 23.1 Å². The van der Waals surface area contributed by atoms with Gasteiger partial charge in [-0.1, -0.05) is 31.0 Å². The SMILES string of the molecule is COC1CN(C(N)=O)C(C(N)=O)(c2cc(C(CCC3CC3)(N[S+]([O-])C(C)(C)C)c3cccc(C#N)c3)ccc2F)C1. The van der Waals surface area contributed by atoms with Gasteiger partial charge in [0.2, 0.25) is 5.91 Å². The molecule has 0 radical (unpaired) electrons. The number of urea groups is 1. The van der Waals surface area contributed by atoms with Crippen molar-refractivity contribution in [1.29, 1.82) is 5.26 Å². The van der Waals surface area contributed by atoms with E-state index in [2.05, 4.69) is 10.8 Å². The van der Waals surface area contributed by atoms with Gasteiger partial charge in [-0.05, 0) is 74.9 Å². The lowest BCUT2D eigenvalue weighted by molar-refractivity contribution is -0.128. The lowest BCUT2D eigenvalue weighted by Crippen LogP contribution is -2.56. The second-order valence-corrected chi connectivity index (χ2v) is 14.0. The van der Waals surface area contributed by atoms with E-state index in [0.717, 1.165) is 24.2 Å². The first-order valence-corrected chi connectivity index (χ1v) is 14.8. The maximum Gasteiger partial charge on any atom is 0.316 e. The monoisotopic (exact) mass is 583 g/mol. The smallest absolute Gasteiger partial charge is 0.316 e. The Balaban J connectivity index is 2.00. The summed E-state index contributed by atoms with van der Waals surface area (Å²) in [7, 11) is 1.44. The van der Waals surface area contributed by atoms with Crippen LogP contribution in [0.25, 0.3) is 0 Å². The molecule has 4 unspecified atom stereocenters. The Kier molecular flexibility index (Phi) is 8.71. The molecule has 2 aromatic carbocycles. The fraction of sp³-hybridized carbons (Fsp3) is 0.500. The molecule has 1 aliphatic heterocycles. The molecular formula is C30H38FN5O4S. The third-order valence-electron chi connectivity index (χ3n) is 8.21. The number of nitrogens with two attached hydrogens (primary N) is 2. The van der Waals surface area contributed by atoms with Crippen molar-refractivity contribution < 1.29 is 23.3 Å². The molecule has 1 aliphatic carbocycles. The van der Waals surface area contributed by atoms with Crippen molar-refractivity contribution in [1.82, 2.24) is 9.62 Å². The molecule has 11 heteroatoms. The van der Waals surface area contributed by atoms with E-state index in [1.165, 1.54) is 19.2 Å². The Hall–Kier alpha value is -3.17. The number of nitrogens with one attached hydrogen (secondary N) is 1. The van der Waals surface area contributed by atoms with E-state index in [0.29, 0.717) is 29.0 Å². The number of hydrogen-bond donors (Lipinski definition) is 3. The molecule has 2 aromatic rings. The predicted molar refractivity (Wildman–Crippen MR) is 154 cm³/mol. The Morgan fingerprint density at radius 2 is 1.90 bits per heavy atom. The number of primary amides is 2. The molecule has 0 bridgehead atoms. The Bertz CT molecular complexity index is 1360. The van der Waals surface area contributed by atoms with Crippen LogP contribution < -0.4 is 16.2 Å². The third kappa shape index (κ3) is 5.93. The van der Waals surface area contributed by atoms with Gasteiger partial charge in [0.05, 0.1) is 24.3 Å². The van der Waals surface area contributed by atoms with E-state index < -0.39 is 51.0 Å². The van der Waals surface area contributed by atoms with Crippen LogP contribution in [0.15, 0.2) is 42.5 Å². The predicted octanol–water partition coefficient (Wildman–Crippen LogP) is 3.66. The molecule has 3 amide bonds. The summed E-state index contributed by atoms with van der Waals surface area (Å²) in [6, 6.07) is 12.6. The van der Waals surface area contributed by atoms with Crippen molar-refractivity contribution >= 4 is 23.3 Å². The molecule has 2 fully saturated rings. The van der Waals surface area contributed by atoms with Crippen molar-refractivity contribution in [2.45, 2.75) is 74.8 Å². The number of amides is 3. The number of nitriles is 1. The van der Waals surface area contributed by atoms with Crippen molar-refractivity contribution in [2.75, 3.05) is 13.7 Å². The number of hydrogen-bond acceptors (Lipinski definition) is 6. The van der Waals surface area contributed by atoms with Gasteiger partial charge in [-0.25, -0.2) is 9.18 Å². The molecule has 5 N–H and O–H groups in total. The highest BCUT2D eigenvalue weighted by molar-refractivity contribution is 7.90. The van der Waals surface area contributed by atoms with Gasteiger partial charge in [-0.3, -0.25) is 4.79 Å². The van der Waals surface area contributed by atoms with Crippen molar-refractivity contribution in [3.8, 4) is 6.07 Å². The van der Waals surface area contributed by atoms with Gasteiger partial charge in [0.25, 0.3) is 0 Å². The zero-order chi connectivity index (χ0) is 30.2. The van der Waals surface area contributed by atoms with Gasteiger partial charge in [0.1, 0.15) is 16.1 Å².